The normalized spacial score (nSPS) is 16.2. The van der Waals surface area contributed by atoms with Crippen LogP contribution in [0.25, 0.3) is 11.3 Å². The van der Waals surface area contributed by atoms with E-state index in [0.29, 0.717) is 5.57 Å². The lowest BCUT2D eigenvalue weighted by Gasteiger charge is -2.19. The van der Waals surface area contributed by atoms with Crippen LogP contribution in [-0.2, 0) is 17.1 Å². The number of alkyl halides is 6. The first kappa shape index (κ1) is 24.6. The molecule has 3 aromatic rings. The number of halogens is 7. The van der Waals surface area contributed by atoms with Crippen molar-refractivity contribution in [2.24, 2.45) is 5.92 Å². The van der Waals surface area contributed by atoms with Crippen molar-refractivity contribution in [3.05, 3.63) is 94.8 Å². The maximum absolute atomic E-state index is 13.4. The van der Waals surface area contributed by atoms with Crippen molar-refractivity contribution in [1.82, 2.24) is 9.78 Å². The van der Waals surface area contributed by atoms with Gasteiger partial charge >= 0.3 is 12.4 Å². The standard InChI is InChI=1S/C24H16ClF6N3O/c25-17-6-2-4-8-19(17)34-20(13-21(33-34)24(29,30)31)14-9-11-15(12-10-14)22(35)32-18-7-3-1-5-16(18)23(26,27)28/h1-11,13,15H,12H2,(H,32,35). The molecule has 0 bridgehead atoms. The summed E-state index contributed by atoms with van der Waals surface area (Å²) in [7, 11) is 0. The number of benzene rings is 2. The second kappa shape index (κ2) is 9.26. The molecular weight excluding hydrogens is 496 g/mol. The van der Waals surface area contributed by atoms with Gasteiger partial charge in [-0.2, -0.15) is 31.4 Å². The lowest BCUT2D eigenvalue weighted by molar-refractivity contribution is -0.141. The monoisotopic (exact) mass is 511 g/mol. The molecular formula is C24H16ClF6N3O. The molecule has 1 unspecified atom stereocenters. The number of nitrogens with zero attached hydrogens (tertiary/aromatic N) is 2. The minimum atomic E-state index is -4.70. The van der Waals surface area contributed by atoms with Crippen LogP contribution >= 0.6 is 11.6 Å². The number of allylic oxidation sites excluding steroid dienone is 3. The Balaban J connectivity index is 1.60. The maximum Gasteiger partial charge on any atom is 0.435 e. The minimum Gasteiger partial charge on any atom is -0.325 e. The largest absolute Gasteiger partial charge is 0.435 e. The van der Waals surface area contributed by atoms with E-state index in [0.717, 1.165) is 22.9 Å². The predicted molar refractivity (Wildman–Crippen MR) is 119 cm³/mol. The smallest absolute Gasteiger partial charge is 0.325 e. The molecule has 4 rings (SSSR count). The fraction of sp³-hybridized carbons (Fsp3) is 0.167. The topological polar surface area (TPSA) is 46.9 Å². The zero-order chi connectivity index (χ0) is 25.4. The summed E-state index contributed by atoms with van der Waals surface area (Å²) in [5, 5.41) is 6.15. The van der Waals surface area contributed by atoms with Gasteiger partial charge in [-0.05, 0) is 42.3 Å². The van der Waals surface area contributed by atoms with Crippen molar-refractivity contribution in [2.75, 3.05) is 5.32 Å². The first-order valence-corrected chi connectivity index (χ1v) is 10.6. The fourth-order valence-corrected chi connectivity index (χ4v) is 3.82. The zero-order valence-electron chi connectivity index (χ0n) is 17.7. The molecule has 0 radical (unpaired) electrons. The highest BCUT2D eigenvalue weighted by Gasteiger charge is 2.36. The summed E-state index contributed by atoms with van der Waals surface area (Å²) in [6, 6.07) is 11.7. The zero-order valence-corrected chi connectivity index (χ0v) is 18.4. The lowest BCUT2D eigenvalue weighted by Crippen LogP contribution is -2.23. The third kappa shape index (κ3) is 5.27. The van der Waals surface area contributed by atoms with Gasteiger partial charge in [-0.1, -0.05) is 54.1 Å². The van der Waals surface area contributed by atoms with E-state index in [4.69, 9.17) is 11.6 Å². The van der Waals surface area contributed by atoms with Crippen molar-refractivity contribution in [3.63, 3.8) is 0 Å². The molecule has 4 nitrogen and oxygen atoms in total. The van der Waals surface area contributed by atoms with E-state index >= 15 is 0 Å². The predicted octanol–water partition coefficient (Wildman–Crippen LogP) is 7.16. The van der Waals surface area contributed by atoms with Crippen LogP contribution in [0.15, 0.2) is 72.8 Å². The molecule has 182 valence electrons. The van der Waals surface area contributed by atoms with Crippen molar-refractivity contribution >= 4 is 28.8 Å². The lowest BCUT2D eigenvalue weighted by atomic mass is 9.94. The molecule has 1 aliphatic rings. The van der Waals surface area contributed by atoms with E-state index < -0.39 is 35.4 Å². The molecule has 0 spiro atoms. The van der Waals surface area contributed by atoms with Crippen LogP contribution < -0.4 is 5.32 Å². The highest BCUT2D eigenvalue weighted by molar-refractivity contribution is 6.32. The SMILES string of the molecule is O=C(Nc1ccccc1C(F)(F)F)C1C=CC(c2cc(C(F)(F)F)nn2-c2ccccc2Cl)=CC1. The molecule has 0 saturated heterocycles. The Morgan fingerprint density at radius 1 is 1.00 bits per heavy atom. The second-order valence-electron chi connectivity index (χ2n) is 7.67. The number of carbonyl (C=O) groups is 1. The molecule has 1 aliphatic carbocycles. The summed E-state index contributed by atoms with van der Waals surface area (Å²) in [5.41, 5.74) is -1.79. The Bertz CT molecular complexity index is 1320. The van der Waals surface area contributed by atoms with E-state index in [1.807, 2.05) is 0 Å². The summed E-state index contributed by atoms with van der Waals surface area (Å²) in [4.78, 5) is 12.6. The number of aromatic nitrogens is 2. The molecule has 0 saturated carbocycles. The number of anilines is 1. The molecule has 1 atom stereocenters. The number of hydrogen-bond acceptors (Lipinski definition) is 2. The highest BCUT2D eigenvalue weighted by atomic mass is 35.5. The van der Waals surface area contributed by atoms with Crippen molar-refractivity contribution < 1.29 is 31.1 Å². The molecule has 0 fully saturated rings. The summed E-state index contributed by atoms with van der Waals surface area (Å²) in [5.74, 6) is -1.50. The van der Waals surface area contributed by atoms with Gasteiger partial charge in [0.25, 0.3) is 0 Å². The van der Waals surface area contributed by atoms with Gasteiger partial charge in [-0.15, -0.1) is 0 Å². The van der Waals surface area contributed by atoms with E-state index in [-0.39, 0.29) is 28.5 Å². The molecule has 1 heterocycles. The summed E-state index contributed by atoms with van der Waals surface area (Å²) < 4.78 is 80.8. The molecule has 0 aliphatic heterocycles. The van der Waals surface area contributed by atoms with Gasteiger partial charge in [-0.3, -0.25) is 4.79 Å². The maximum atomic E-state index is 13.4. The first-order valence-electron chi connectivity index (χ1n) is 10.2. The van der Waals surface area contributed by atoms with Crippen LogP contribution in [0.3, 0.4) is 0 Å². The number of amides is 1. The minimum absolute atomic E-state index is 0.0565. The van der Waals surface area contributed by atoms with Gasteiger partial charge < -0.3 is 5.32 Å². The van der Waals surface area contributed by atoms with Gasteiger partial charge in [0.2, 0.25) is 5.91 Å². The van der Waals surface area contributed by atoms with Gasteiger partial charge in [0.05, 0.1) is 33.6 Å². The van der Waals surface area contributed by atoms with Gasteiger partial charge in [0.1, 0.15) is 0 Å². The molecule has 11 heteroatoms. The Kier molecular flexibility index (Phi) is 6.50. The van der Waals surface area contributed by atoms with Crippen LogP contribution in [0, 0.1) is 5.92 Å². The van der Waals surface area contributed by atoms with Gasteiger partial charge in [-0.25, -0.2) is 4.68 Å². The van der Waals surface area contributed by atoms with Crippen LogP contribution in [0.1, 0.15) is 23.4 Å². The second-order valence-corrected chi connectivity index (χ2v) is 8.08. The Labute approximate surface area is 200 Å². The summed E-state index contributed by atoms with van der Waals surface area (Å²) in [6.07, 6.45) is -4.89. The van der Waals surface area contributed by atoms with E-state index in [9.17, 15) is 31.1 Å². The van der Waals surface area contributed by atoms with Gasteiger partial charge in [0, 0.05) is 0 Å². The fourth-order valence-electron chi connectivity index (χ4n) is 3.60. The van der Waals surface area contributed by atoms with Crippen LogP contribution in [0.2, 0.25) is 5.02 Å². The molecule has 35 heavy (non-hydrogen) atoms. The average Bonchev–Trinajstić information content (AvgIpc) is 3.25. The highest BCUT2D eigenvalue weighted by Crippen LogP contribution is 2.36. The third-order valence-corrected chi connectivity index (χ3v) is 5.62. The Morgan fingerprint density at radius 2 is 1.69 bits per heavy atom. The summed E-state index contributed by atoms with van der Waals surface area (Å²) >= 11 is 6.17. The van der Waals surface area contributed by atoms with E-state index in [2.05, 4.69) is 10.4 Å². The average molecular weight is 512 g/mol. The third-order valence-electron chi connectivity index (χ3n) is 5.30. The van der Waals surface area contributed by atoms with E-state index in [1.165, 1.54) is 42.5 Å². The van der Waals surface area contributed by atoms with Crippen LogP contribution in [0.5, 0.6) is 0 Å². The Hall–Kier alpha value is -3.53. The number of rotatable bonds is 4. The van der Waals surface area contributed by atoms with Crippen LogP contribution in [0.4, 0.5) is 32.0 Å². The molecule has 1 N–H and O–H groups in total. The molecule has 1 amide bonds. The number of hydrogen-bond donors (Lipinski definition) is 1. The van der Waals surface area contributed by atoms with E-state index in [1.54, 1.807) is 12.1 Å². The van der Waals surface area contributed by atoms with Gasteiger partial charge in [0.15, 0.2) is 5.69 Å². The van der Waals surface area contributed by atoms with Crippen LogP contribution in [-0.4, -0.2) is 15.7 Å². The number of carbonyl (C=O) groups excluding carboxylic acids is 1. The quantitative estimate of drug-likeness (QED) is 0.378. The molecule has 1 aromatic heterocycles. The Morgan fingerprint density at radius 3 is 2.31 bits per heavy atom. The summed E-state index contributed by atoms with van der Waals surface area (Å²) in [6.45, 7) is 0. The van der Waals surface area contributed by atoms with Crippen molar-refractivity contribution in [3.8, 4) is 5.69 Å². The first-order chi connectivity index (χ1) is 16.4. The number of nitrogens with one attached hydrogen (secondary N) is 1. The van der Waals surface area contributed by atoms with Crippen molar-refractivity contribution in [1.29, 1.82) is 0 Å². The number of para-hydroxylation sites is 2. The van der Waals surface area contributed by atoms with Crippen molar-refractivity contribution in [2.45, 2.75) is 18.8 Å². The molecule has 2 aromatic carbocycles.